The quantitative estimate of drug-likeness (QED) is 0.513. The molecule has 3 nitrogen and oxygen atoms in total. The first-order valence-corrected chi connectivity index (χ1v) is 4.56. The van der Waals surface area contributed by atoms with E-state index in [0.717, 1.165) is 13.1 Å². The van der Waals surface area contributed by atoms with Gasteiger partial charge in [-0.2, -0.15) is 0 Å². The van der Waals surface area contributed by atoms with Crippen molar-refractivity contribution in [3.8, 4) is 0 Å². The van der Waals surface area contributed by atoms with Crippen LogP contribution in [0.3, 0.4) is 0 Å². The molecule has 0 bridgehead atoms. The van der Waals surface area contributed by atoms with Crippen LogP contribution in [0.1, 0.15) is 19.8 Å². The minimum absolute atomic E-state index is 0.108. The van der Waals surface area contributed by atoms with Crippen LogP contribution in [0.5, 0.6) is 0 Å². The molecule has 2 fully saturated rings. The molecule has 2 N–H and O–H groups in total. The maximum absolute atomic E-state index is 3.51. The van der Waals surface area contributed by atoms with Crippen molar-refractivity contribution >= 4 is 0 Å². The number of rotatable bonds is 0. The predicted octanol–water partition coefficient (Wildman–Crippen LogP) is -0.0513. The smallest absolute Gasteiger partial charge is 0.123 e. The molecule has 2 rings (SSSR count). The van der Waals surface area contributed by atoms with E-state index in [1.54, 1.807) is 0 Å². The van der Waals surface area contributed by atoms with Crippen LogP contribution >= 0.6 is 0 Å². The Kier molecular flexibility index (Phi) is 1.87. The molecule has 0 aromatic carbocycles. The molecular formula is C8H17N3. The molecule has 0 saturated carbocycles. The Hall–Kier alpha value is -0.120. The molecule has 0 aromatic heterocycles. The van der Waals surface area contributed by atoms with E-state index in [1.807, 2.05) is 0 Å². The monoisotopic (exact) mass is 155 g/mol. The van der Waals surface area contributed by atoms with Gasteiger partial charge in [-0.05, 0) is 32.9 Å². The first kappa shape index (κ1) is 7.53. The van der Waals surface area contributed by atoms with E-state index in [9.17, 15) is 0 Å². The molecule has 2 heterocycles. The SMILES string of the molecule is CC12NCCCN1CCCN2. The maximum atomic E-state index is 3.51. The molecule has 0 aliphatic carbocycles. The Bertz CT molecular complexity index is 134. The van der Waals surface area contributed by atoms with Gasteiger partial charge < -0.3 is 0 Å². The third-order valence-corrected chi connectivity index (χ3v) is 2.78. The van der Waals surface area contributed by atoms with E-state index < -0.39 is 0 Å². The lowest BCUT2D eigenvalue weighted by atomic mass is 10.1. The molecule has 2 saturated heterocycles. The van der Waals surface area contributed by atoms with E-state index in [4.69, 9.17) is 0 Å². The van der Waals surface area contributed by atoms with Crippen LogP contribution in [0, 0.1) is 0 Å². The van der Waals surface area contributed by atoms with Crippen molar-refractivity contribution in [3.63, 3.8) is 0 Å². The van der Waals surface area contributed by atoms with Crippen molar-refractivity contribution in [1.82, 2.24) is 15.5 Å². The van der Waals surface area contributed by atoms with Gasteiger partial charge in [0.1, 0.15) is 5.79 Å². The summed E-state index contributed by atoms with van der Waals surface area (Å²) in [6.07, 6.45) is 2.58. The molecule has 0 atom stereocenters. The third kappa shape index (κ3) is 1.28. The minimum Gasteiger partial charge on any atom is -0.287 e. The van der Waals surface area contributed by atoms with Crippen molar-refractivity contribution in [2.45, 2.75) is 25.6 Å². The van der Waals surface area contributed by atoms with E-state index in [0.29, 0.717) is 0 Å². The molecule has 2 aliphatic rings. The zero-order chi connectivity index (χ0) is 7.73. The van der Waals surface area contributed by atoms with Crippen LogP contribution < -0.4 is 10.6 Å². The average molecular weight is 155 g/mol. The van der Waals surface area contributed by atoms with Crippen molar-refractivity contribution in [2.75, 3.05) is 26.2 Å². The molecule has 0 radical (unpaired) electrons. The number of hydrogen-bond acceptors (Lipinski definition) is 3. The number of nitrogens with one attached hydrogen (secondary N) is 2. The summed E-state index contributed by atoms with van der Waals surface area (Å²) in [4.78, 5) is 2.50. The van der Waals surface area contributed by atoms with Gasteiger partial charge in [-0.25, -0.2) is 0 Å². The van der Waals surface area contributed by atoms with Crippen LogP contribution in [-0.4, -0.2) is 36.9 Å². The Labute approximate surface area is 68.1 Å². The zero-order valence-electron chi connectivity index (χ0n) is 7.19. The van der Waals surface area contributed by atoms with Gasteiger partial charge in [-0.15, -0.1) is 0 Å². The Morgan fingerprint density at radius 1 is 1.09 bits per heavy atom. The minimum atomic E-state index is 0.108. The maximum Gasteiger partial charge on any atom is 0.123 e. The van der Waals surface area contributed by atoms with Crippen LogP contribution in [0.15, 0.2) is 0 Å². The number of hydrogen-bond donors (Lipinski definition) is 2. The molecule has 3 heteroatoms. The fourth-order valence-electron chi connectivity index (χ4n) is 2.05. The Morgan fingerprint density at radius 2 is 1.64 bits per heavy atom. The van der Waals surface area contributed by atoms with Gasteiger partial charge >= 0.3 is 0 Å². The Balaban J connectivity index is 2.06. The second-order valence-corrected chi connectivity index (χ2v) is 3.62. The molecule has 0 amide bonds. The van der Waals surface area contributed by atoms with Crippen molar-refractivity contribution in [3.05, 3.63) is 0 Å². The van der Waals surface area contributed by atoms with E-state index in [1.165, 1.54) is 25.9 Å². The lowest BCUT2D eigenvalue weighted by molar-refractivity contribution is -0.0106. The number of nitrogens with zero attached hydrogens (tertiary/aromatic N) is 1. The molecule has 0 aromatic rings. The van der Waals surface area contributed by atoms with Gasteiger partial charge in [-0.3, -0.25) is 15.5 Å². The molecule has 0 unspecified atom stereocenters. The van der Waals surface area contributed by atoms with Gasteiger partial charge in [0.05, 0.1) is 0 Å². The molecular weight excluding hydrogens is 138 g/mol. The highest BCUT2D eigenvalue weighted by atomic mass is 15.5. The summed E-state index contributed by atoms with van der Waals surface area (Å²) in [5.41, 5.74) is 0. The van der Waals surface area contributed by atoms with Gasteiger partial charge in [-0.1, -0.05) is 0 Å². The first-order valence-electron chi connectivity index (χ1n) is 4.56. The highest BCUT2D eigenvalue weighted by Crippen LogP contribution is 2.16. The third-order valence-electron chi connectivity index (χ3n) is 2.78. The summed E-state index contributed by atoms with van der Waals surface area (Å²) in [5, 5.41) is 7.02. The molecule has 0 spiro atoms. The largest absolute Gasteiger partial charge is 0.287 e. The lowest BCUT2D eigenvalue weighted by Crippen LogP contribution is -2.71. The molecule has 2 aliphatic heterocycles. The summed E-state index contributed by atoms with van der Waals surface area (Å²) >= 11 is 0. The predicted molar refractivity (Wildman–Crippen MR) is 45.2 cm³/mol. The zero-order valence-corrected chi connectivity index (χ0v) is 7.19. The molecule has 11 heavy (non-hydrogen) atoms. The van der Waals surface area contributed by atoms with Gasteiger partial charge in [0.15, 0.2) is 0 Å². The van der Waals surface area contributed by atoms with E-state index >= 15 is 0 Å². The average Bonchev–Trinajstić information content (AvgIpc) is 2.03. The fraction of sp³-hybridized carbons (Fsp3) is 1.00. The fourth-order valence-corrected chi connectivity index (χ4v) is 2.05. The lowest BCUT2D eigenvalue weighted by Gasteiger charge is -2.49. The van der Waals surface area contributed by atoms with Crippen LogP contribution in [0.2, 0.25) is 0 Å². The van der Waals surface area contributed by atoms with Gasteiger partial charge in [0.25, 0.3) is 0 Å². The normalized spacial score (nSPS) is 31.4. The van der Waals surface area contributed by atoms with Gasteiger partial charge in [0.2, 0.25) is 0 Å². The summed E-state index contributed by atoms with van der Waals surface area (Å²) in [7, 11) is 0. The summed E-state index contributed by atoms with van der Waals surface area (Å²) in [6.45, 7) is 7.04. The van der Waals surface area contributed by atoms with E-state index in [-0.39, 0.29) is 5.79 Å². The van der Waals surface area contributed by atoms with Crippen LogP contribution in [-0.2, 0) is 0 Å². The van der Waals surface area contributed by atoms with Crippen LogP contribution in [0.4, 0.5) is 0 Å². The second kappa shape index (κ2) is 2.73. The summed E-state index contributed by atoms with van der Waals surface area (Å²) < 4.78 is 0. The molecule has 64 valence electrons. The first-order chi connectivity index (χ1) is 5.31. The van der Waals surface area contributed by atoms with Crippen molar-refractivity contribution in [1.29, 1.82) is 0 Å². The summed E-state index contributed by atoms with van der Waals surface area (Å²) in [6, 6.07) is 0. The highest BCUT2D eigenvalue weighted by Gasteiger charge is 2.35. The topological polar surface area (TPSA) is 27.3 Å². The number of fused-ring (bicyclic) bond motifs is 1. The Morgan fingerprint density at radius 3 is 2.09 bits per heavy atom. The van der Waals surface area contributed by atoms with Crippen molar-refractivity contribution < 1.29 is 0 Å². The van der Waals surface area contributed by atoms with E-state index in [2.05, 4.69) is 22.5 Å². The van der Waals surface area contributed by atoms with Gasteiger partial charge in [0, 0.05) is 13.1 Å². The second-order valence-electron chi connectivity index (χ2n) is 3.62. The highest BCUT2D eigenvalue weighted by molar-refractivity contribution is 4.88. The van der Waals surface area contributed by atoms with Crippen molar-refractivity contribution in [2.24, 2.45) is 0 Å². The van der Waals surface area contributed by atoms with Crippen LogP contribution in [0.25, 0.3) is 0 Å². The standard InChI is InChI=1S/C8H17N3/c1-8-9-4-2-6-11(8)7-3-5-10-8/h9-10H,2-7H2,1H3. The summed E-state index contributed by atoms with van der Waals surface area (Å²) in [5.74, 6) is 0.108.